The van der Waals surface area contributed by atoms with Crippen LogP contribution in [0.5, 0.6) is 0 Å². The van der Waals surface area contributed by atoms with Crippen molar-refractivity contribution >= 4 is 22.9 Å². The van der Waals surface area contributed by atoms with Gasteiger partial charge in [-0.1, -0.05) is 11.6 Å². The molecule has 2 rings (SSSR count). The molecule has 0 amide bonds. The summed E-state index contributed by atoms with van der Waals surface area (Å²) in [6, 6.07) is 3.59. The van der Waals surface area contributed by atoms with Gasteiger partial charge in [-0.25, -0.2) is 4.98 Å². The molecule has 5 heteroatoms. The third-order valence-electron chi connectivity index (χ3n) is 1.72. The highest BCUT2D eigenvalue weighted by atomic mass is 35.5. The maximum absolute atomic E-state index is 5.98. The van der Waals surface area contributed by atoms with Gasteiger partial charge < -0.3 is 5.73 Å². The van der Waals surface area contributed by atoms with E-state index in [-0.39, 0.29) is 0 Å². The summed E-state index contributed by atoms with van der Waals surface area (Å²) >= 11 is 7.50. The molecule has 0 radical (unpaired) electrons. The molecule has 0 spiro atoms. The van der Waals surface area contributed by atoms with Crippen molar-refractivity contribution in [2.45, 2.75) is 6.54 Å². The van der Waals surface area contributed by atoms with Crippen molar-refractivity contribution in [3.8, 4) is 10.7 Å². The molecule has 3 nitrogen and oxygen atoms in total. The maximum Gasteiger partial charge on any atom is 0.143 e. The lowest BCUT2D eigenvalue weighted by Crippen LogP contribution is -1.91. The number of nitrogens with two attached hydrogens (primary N) is 1. The molecule has 2 heterocycles. The highest BCUT2D eigenvalue weighted by Crippen LogP contribution is 2.28. The molecular weight excluding hydrogens is 218 g/mol. The first-order valence-electron chi connectivity index (χ1n) is 4.07. The topological polar surface area (TPSA) is 51.8 Å². The van der Waals surface area contributed by atoms with E-state index in [0.29, 0.717) is 11.6 Å². The fourth-order valence-electron chi connectivity index (χ4n) is 1.05. The Morgan fingerprint density at radius 1 is 1.43 bits per heavy atom. The standard InChI is InChI=1S/C9H8ClN3S/c10-7-2-1-3-12-8(7)9-13-5-6(4-11)14-9/h1-3,5H,4,11H2. The van der Waals surface area contributed by atoms with E-state index < -0.39 is 0 Å². The molecule has 0 unspecified atom stereocenters. The van der Waals surface area contributed by atoms with Crippen molar-refractivity contribution < 1.29 is 0 Å². The van der Waals surface area contributed by atoms with E-state index in [0.717, 1.165) is 15.6 Å². The van der Waals surface area contributed by atoms with Gasteiger partial charge in [0, 0.05) is 23.8 Å². The summed E-state index contributed by atoms with van der Waals surface area (Å²) in [7, 11) is 0. The smallest absolute Gasteiger partial charge is 0.143 e. The SMILES string of the molecule is NCc1cnc(-c2ncccc2Cl)s1. The fraction of sp³-hybridized carbons (Fsp3) is 0.111. The number of rotatable bonds is 2. The van der Waals surface area contributed by atoms with E-state index in [9.17, 15) is 0 Å². The summed E-state index contributed by atoms with van der Waals surface area (Å²) in [6.07, 6.45) is 3.45. The number of hydrogen-bond donors (Lipinski definition) is 1. The highest BCUT2D eigenvalue weighted by Gasteiger charge is 2.08. The van der Waals surface area contributed by atoms with Gasteiger partial charge in [0.25, 0.3) is 0 Å². The van der Waals surface area contributed by atoms with Gasteiger partial charge in [-0.05, 0) is 12.1 Å². The zero-order valence-electron chi connectivity index (χ0n) is 7.27. The van der Waals surface area contributed by atoms with Crippen LogP contribution in [0.2, 0.25) is 5.02 Å². The van der Waals surface area contributed by atoms with Gasteiger partial charge >= 0.3 is 0 Å². The second-order valence-electron chi connectivity index (χ2n) is 2.67. The van der Waals surface area contributed by atoms with Crippen LogP contribution in [0.15, 0.2) is 24.5 Å². The van der Waals surface area contributed by atoms with E-state index in [1.807, 2.05) is 0 Å². The predicted molar refractivity (Wildman–Crippen MR) is 58.2 cm³/mol. The van der Waals surface area contributed by atoms with Crippen LogP contribution in [-0.4, -0.2) is 9.97 Å². The van der Waals surface area contributed by atoms with Crippen LogP contribution in [-0.2, 0) is 6.54 Å². The van der Waals surface area contributed by atoms with Gasteiger partial charge in [0.1, 0.15) is 10.7 Å². The second-order valence-corrected chi connectivity index (χ2v) is 4.19. The lowest BCUT2D eigenvalue weighted by atomic mass is 10.4. The average Bonchev–Trinajstić information content (AvgIpc) is 2.67. The molecule has 0 aliphatic heterocycles. The highest BCUT2D eigenvalue weighted by molar-refractivity contribution is 7.15. The first-order valence-corrected chi connectivity index (χ1v) is 5.26. The van der Waals surface area contributed by atoms with Crippen LogP contribution in [0.3, 0.4) is 0 Å². The van der Waals surface area contributed by atoms with E-state index in [1.165, 1.54) is 11.3 Å². The molecule has 0 fully saturated rings. The maximum atomic E-state index is 5.98. The lowest BCUT2D eigenvalue weighted by Gasteiger charge is -1.96. The Hall–Kier alpha value is -0.970. The Balaban J connectivity index is 2.44. The molecule has 2 aromatic rings. The first kappa shape index (κ1) is 9.58. The summed E-state index contributed by atoms with van der Waals surface area (Å²) in [4.78, 5) is 9.41. The molecule has 0 saturated heterocycles. The van der Waals surface area contributed by atoms with Crippen LogP contribution in [0, 0.1) is 0 Å². The molecule has 0 aliphatic rings. The summed E-state index contributed by atoms with van der Waals surface area (Å²) < 4.78 is 0. The van der Waals surface area contributed by atoms with Gasteiger partial charge in [0.05, 0.1) is 5.02 Å². The first-order chi connectivity index (χ1) is 6.81. The van der Waals surface area contributed by atoms with Gasteiger partial charge in [-0.2, -0.15) is 0 Å². The van der Waals surface area contributed by atoms with Crippen molar-refractivity contribution in [2.75, 3.05) is 0 Å². The quantitative estimate of drug-likeness (QED) is 0.854. The monoisotopic (exact) mass is 225 g/mol. The van der Waals surface area contributed by atoms with Crippen molar-refractivity contribution in [1.82, 2.24) is 9.97 Å². The summed E-state index contributed by atoms with van der Waals surface area (Å²) in [6.45, 7) is 0.502. The number of halogens is 1. The number of thiazole rings is 1. The van der Waals surface area contributed by atoms with Gasteiger partial charge in [-0.15, -0.1) is 11.3 Å². The third kappa shape index (κ3) is 1.77. The van der Waals surface area contributed by atoms with E-state index >= 15 is 0 Å². The zero-order valence-corrected chi connectivity index (χ0v) is 8.85. The molecule has 0 bridgehead atoms. The Morgan fingerprint density at radius 2 is 2.29 bits per heavy atom. The van der Waals surface area contributed by atoms with Crippen molar-refractivity contribution in [3.05, 3.63) is 34.4 Å². The molecule has 14 heavy (non-hydrogen) atoms. The molecule has 2 N–H and O–H groups in total. The van der Waals surface area contributed by atoms with Crippen molar-refractivity contribution in [1.29, 1.82) is 0 Å². The Bertz CT molecular complexity index is 441. The Labute approximate surface area is 90.6 Å². The zero-order chi connectivity index (χ0) is 9.97. The minimum Gasteiger partial charge on any atom is -0.326 e. The molecule has 0 saturated carbocycles. The van der Waals surface area contributed by atoms with E-state index in [4.69, 9.17) is 17.3 Å². The van der Waals surface area contributed by atoms with Crippen LogP contribution in [0.25, 0.3) is 10.7 Å². The largest absolute Gasteiger partial charge is 0.326 e. The Morgan fingerprint density at radius 3 is 2.93 bits per heavy atom. The van der Waals surface area contributed by atoms with Crippen LogP contribution in [0.1, 0.15) is 4.88 Å². The normalized spacial score (nSPS) is 10.4. The van der Waals surface area contributed by atoms with E-state index in [2.05, 4.69) is 9.97 Å². The minimum absolute atomic E-state index is 0.502. The van der Waals surface area contributed by atoms with Gasteiger partial charge in [-0.3, -0.25) is 4.98 Å². The molecule has 0 atom stereocenters. The predicted octanol–water partition coefficient (Wildman–Crippen LogP) is 2.32. The second kappa shape index (κ2) is 4.04. The summed E-state index contributed by atoms with van der Waals surface area (Å²) in [5.74, 6) is 0. The molecule has 0 aliphatic carbocycles. The van der Waals surface area contributed by atoms with Crippen LogP contribution in [0.4, 0.5) is 0 Å². The van der Waals surface area contributed by atoms with Crippen molar-refractivity contribution in [3.63, 3.8) is 0 Å². The van der Waals surface area contributed by atoms with Gasteiger partial charge in [0.2, 0.25) is 0 Å². The van der Waals surface area contributed by atoms with Gasteiger partial charge in [0.15, 0.2) is 0 Å². The van der Waals surface area contributed by atoms with Crippen molar-refractivity contribution in [2.24, 2.45) is 5.73 Å². The van der Waals surface area contributed by atoms with Crippen LogP contribution < -0.4 is 5.73 Å². The number of aromatic nitrogens is 2. The number of hydrogen-bond acceptors (Lipinski definition) is 4. The van der Waals surface area contributed by atoms with Crippen LogP contribution >= 0.6 is 22.9 Å². The number of pyridine rings is 1. The molecule has 72 valence electrons. The molecular formula is C9H8ClN3S. The summed E-state index contributed by atoms with van der Waals surface area (Å²) in [5, 5.41) is 1.43. The minimum atomic E-state index is 0.502. The van der Waals surface area contributed by atoms with E-state index in [1.54, 1.807) is 24.5 Å². The summed E-state index contributed by atoms with van der Waals surface area (Å²) in [5.41, 5.74) is 6.22. The molecule has 0 aromatic carbocycles. The Kier molecular flexibility index (Phi) is 2.77. The molecule has 2 aromatic heterocycles. The number of nitrogens with zero attached hydrogens (tertiary/aromatic N) is 2. The fourth-order valence-corrected chi connectivity index (χ4v) is 2.12. The average molecular weight is 226 g/mol. The third-order valence-corrected chi connectivity index (χ3v) is 3.05. The lowest BCUT2D eigenvalue weighted by molar-refractivity contribution is 1.10.